The van der Waals surface area contributed by atoms with E-state index in [1.54, 1.807) is 26.1 Å². The molecule has 1 aromatic carbocycles. The minimum Gasteiger partial charge on any atom is -0.212 e. The molecule has 0 amide bonds. The van der Waals surface area contributed by atoms with E-state index >= 15 is 0 Å². The zero-order valence-electron chi connectivity index (χ0n) is 8.77. The summed E-state index contributed by atoms with van der Waals surface area (Å²) >= 11 is 5.81. The predicted octanol–water partition coefficient (Wildman–Crippen LogP) is 2.12. The Bertz CT molecular complexity index is 431. The molecule has 0 radical (unpaired) electrons. The van der Waals surface area contributed by atoms with Gasteiger partial charge in [0.25, 0.3) is 0 Å². The molecule has 0 aromatic heterocycles. The van der Waals surface area contributed by atoms with Crippen molar-refractivity contribution in [3.8, 4) is 0 Å². The van der Waals surface area contributed by atoms with Crippen molar-refractivity contribution in [3.05, 3.63) is 34.9 Å². The highest BCUT2D eigenvalue weighted by molar-refractivity contribution is 7.89. The Balaban J connectivity index is 2.79. The molecule has 0 saturated carbocycles. The molecule has 5 heteroatoms. The maximum absolute atomic E-state index is 11.5. The van der Waals surface area contributed by atoms with Crippen molar-refractivity contribution < 1.29 is 8.42 Å². The third kappa shape index (κ3) is 3.48. The quantitative estimate of drug-likeness (QED) is 0.817. The van der Waals surface area contributed by atoms with Crippen molar-refractivity contribution in [1.82, 2.24) is 4.31 Å². The topological polar surface area (TPSA) is 37.4 Å². The molecule has 0 aliphatic heterocycles. The van der Waals surface area contributed by atoms with Gasteiger partial charge in [-0.3, -0.25) is 0 Å². The lowest BCUT2D eigenvalue weighted by atomic mass is 10.2. The first-order valence-corrected chi connectivity index (χ1v) is 6.63. The summed E-state index contributed by atoms with van der Waals surface area (Å²) in [4.78, 5) is 0. The fraction of sp³-hybridized carbons (Fsp3) is 0.400. The zero-order chi connectivity index (χ0) is 11.5. The van der Waals surface area contributed by atoms with Crippen molar-refractivity contribution in [3.63, 3.8) is 0 Å². The highest BCUT2D eigenvalue weighted by atomic mass is 35.5. The predicted molar refractivity (Wildman–Crippen MR) is 62.4 cm³/mol. The third-order valence-corrected chi connectivity index (χ3v) is 4.18. The second-order valence-corrected chi connectivity index (χ2v) is 6.09. The number of hydrogen-bond acceptors (Lipinski definition) is 2. The average molecular weight is 248 g/mol. The normalized spacial score (nSPS) is 12.0. The summed E-state index contributed by atoms with van der Waals surface area (Å²) in [7, 11) is -1.55. The highest BCUT2D eigenvalue weighted by Gasteiger charge is 2.14. The van der Waals surface area contributed by atoms with E-state index in [-0.39, 0.29) is 5.75 Å². The van der Waals surface area contributed by atoms with Crippen LogP contribution in [0, 0.1) is 0 Å². The van der Waals surface area contributed by atoms with Crippen molar-refractivity contribution in [1.29, 1.82) is 0 Å². The van der Waals surface area contributed by atoms with Gasteiger partial charge >= 0.3 is 0 Å². The molecule has 1 aromatic rings. The Morgan fingerprint density at radius 2 is 2.07 bits per heavy atom. The minimum atomic E-state index is -3.12. The van der Waals surface area contributed by atoms with Gasteiger partial charge in [-0.25, -0.2) is 12.7 Å². The number of sulfonamides is 1. The molecule has 84 valence electrons. The summed E-state index contributed by atoms with van der Waals surface area (Å²) < 4.78 is 24.3. The van der Waals surface area contributed by atoms with Gasteiger partial charge in [-0.2, -0.15) is 0 Å². The Kier molecular flexibility index (Phi) is 4.13. The van der Waals surface area contributed by atoms with E-state index in [0.29, 0.717) is 11.6 Å². The molecular formula is C10H14ClNO2S. The second kappa shape index (κ2) is 4.96. The van der Waals surface area contributed by atoms with E-state index in [9.17, 15) is 8.42 Å². The third-order valence-electron chi connectivity index (χ3n) is 2.13. The summed E-state index contributed by atoms with van der Waals surface area (Å²) in [6, 6.07) is 7.19. The first kappa shape index (κ1) is 12.5. The second-order valence-electron chi connectivity index (χ2n) is 3.29. The summed E-state index contributed by atoms with van der Waals surface area (Å²) in [5, 5.41) is 0.620. The van der Waals surface area contributed by atoms with E-state index in [1.807, 2.05) is 12.1 Å². The van der Waals surface area contributed by atoms with E-state index < -0.39 is 10.0 Å². The van der Waals surface area contributed by atoms with Gasteiger partial charge in [0, 0.05) is 18.6 Å². The van der Waals surface area contributed by atoms with Crippen molar-refractivity contribution in [2.24, 2.45) is 0 Å². The van der Waals surface area contributed by atoms with E-state index in [4.69, 9.17) is 11.6 Å². The smallest absolute Gasteiger partial charge is 0.212 e. The van der Waals surface area contributed by atoms with Crippen LogP contribution in [0.15, 0.2) is 24.3 Å². The van der Waals surface area contributed by atoms with Crippen LogP contribution in [0.2, 0.25) is 5.02 Å². The molecule has 0 aliphatic rings. The summed E-state index contributed by atoms with van der Waals surface area (Å²) in [5.74, 6) is 0.115. The van der Waals surface area contributed by atoms with Crippen LogP contribution in [0.4, 0.5) is 0 Å². The van der Waals surface area contributed by atoms with Gasteiger partial charge in [0.15, 0.2) is 0 Å². The fourth-order valence-electron chi connectivity index (χ4n) is 1.21. The van der Waals surface area contributed by atoms with Gasteiger partial charge in [-0.15, -0.1) is 0 Å². The molecule has 0 bridgehead atoms. The molecule has 0 aliphatic carbocycles. The van der Waals surface area contributed by atoms with Crippen LogP contribution < -0.4 is 0 Å². The summed E-state index contributed by atoms with van der Waals surface area (Å²) in [5.41, 5.74) is 0.891. The lowest BCUT2D eigenvalue weighted by molar-refractivity contribution is 0.468. The van der Waals surface area contributed by atoms with Gasteiger partial charge in [0.2, 0.25) is 10.0 Å². The average Bonchev–Trinajstić information content (AvgIpc) is 2.17. The van der Waals surface area contributed by atoms with Crippen LogP contribution in [0.3, 0.4) is 0 Å². The molecule has 15 heavy (non-hydrogen) atoms. The van der Waals surface area contributed by atoms with Gasteiger partial charge in [0.05, 0.1) is 5.75 Å². The lowest BCUT2D eigenvalue weighted by Crippen LogP contribution is -2.27. The molecule has 0 heterocycles. The minimum absolute atomic E-state index is 0.115. The number of halogens is 1. The Morgan fingerprint density at radius 3 is 2.60 bits per heavy atom. The van der Waals surface area contributed by atoms with Crippen LogP contribution in [0.25, 0.3) is 0 Å². The van der Waals surface area contributed by atoms with Gasteiger partial charge in [0.1, 0.15) is 0 Å². The molecule has 0 atom stereocenters. The number of rotatable bonds is 4. The molecule has 0 N–H and O–H groups in total. The van der Waals surface area contributed by atoms with E-state index in [1.165, 1.54) is 4.31 Å². The van der Waals surface area contributed by atoms with Crippen LogP contribution >= 0.6 is 11.6 Å². The maximum atomic E-state index is 11.5. The fourth-order valence-corrected chi connectivity index (χ4v) is 2.21. The summed E-state index contributed by atoms with van der Waals surface area (Å²) in [6.07, 6.45) is 0. The van der Waals surface area contributed by atoms with Gasteiger partial charge in [-0.05, 0) is 24.6 Å². The summed E-state index contributed by atoms with van der Waals surface area (Å²) in [6.45, 7) is 1.99. The molecule has 3 nitrogen and oxygen atoms in total. The molecule has 1 rings (SSSR count). The number of nitrogens with zero attached hydrogens (tertiary/aromatic N) is 1. The van der Waals surface area contributed by atoms with Gasteiger partial charge < -0.3 is 0 Å². The highest BCUT2D eigenvalue weighted by Crippen LogP contribution is 2.13. The van der Waals surface area contributed by atoms with Gasteiger partial charge in [-0.1, -0.05) is 23.7 Å². The standard InChI is InChI=1S/C10H14ClNO2S/c1-3-15(13,14)12(2)8-9-5-4-6-10(11)7-9/h4-7H,3,8H2,1-2H3. The van der Waals surface area contributed by atoms with E-state index in [2.05, 4.69) is 0 Å². The molecular weight excluding hydrogens is 234 g/mol. The van der Waals surface area contributed by atoms with Crippen molar-refractivity contribution in [2.45, 2.75) is 13.5 Å². The number of benzene rings is 1. The SMILES string of the molecule is CCS(=O)(=O)N(C)Cc1cccc(Cl)c1. The molecule has 0 spiro atoms. The largest absolute Gasteiger partial charge is 0.213 e. The van der Waals surface area contributed by atoms with Crippen LogP contribution in [0.1, 0.15) is 12.5 Å². The van der Waals surface area contributed by atoms with Crippen LogP contribution in [-0.2, 0) is 16.6 Å². The Hall–Kier alpha value is -0.580. The zero-order valence-corrected chi connectivity index (χ0v) is 10.3. The molecule has 0 fully saturated rings. The Morgan fingerprint density at radius 1 is 1.40 bits per heavy atom. The van der Waals surface area contributed by atoms with Crippen molar-refractivity contribution >= 4 is 21.6 Å². The monoisotopic (exact) mass is 247 g/mol. The van der Waals surface area contributed by atoms with Crippen LogP contribution in [-0.4, -0.2) is 25.5 Å². The van der Waals surface area contributed by atoms with E-state index in [0.717, 1.165) is 5.56 Å². The van der Waals surface area contributed by atoms with Crippen LogP contribution in [0.5, 0.6) is 0 Å². The lowest BCUT2D eigenvalue weighted by Gasteiger charge is -2.15. The van der Waals surface area contributed by atoms with Crippen molar-refractivity contribution in [2.75, 3.05) is 12.8 Å². The first-order chi connectivity index (χ1) is 6.95. The first-order valence-electron chi connectivity index (χ1n) is 4.64. The molecule has 0 unspecified atom stereocenters. The Labute approximate surface area is 95.7 Å². The molecule has 0 saturated heterocycles. The number of hydrogen-bond donors (Lipinski definition) is 0. The maximum Gasteiger partial charge on any atom is 0.213 e.